The number of phenols is 2. The number of hydrogen-bond donors (Lipinski definition) is 3. The molecule has 1 fully saturated rings. The van der Waals surface area contributed by atoms with Crippen molar-refractivity contribution in [3.8, 4) is 40.1 Å². The number of benzene rings is 2. The summed E-state index contributed by atoms with van der Waals surface area (Å²) in [5.41, 5.74) is 1.61. The van der Waals surface area contributed by atoms with Crippen LogP contribution in [-0.4, -0.2) is 43.7 Å². The lowest BCUT2D eigenvalue weighted by molar-refractivity contribution is 0.0915. The second-order valence-corrected chi connectivity index (χ2v) is 9.11. The van der Waals surface area contributed by atoms with Crippen molar-refractivity contribution >= 4 is 5.91 Å². The zero-order valence-electron chi connectivity index (χ0n) is 19.2. The summed E-state index contributed by atoms with van der Waals surface area (Å²) in [6.07, 6.45) is 5.23. The Hall–Kier alpha value is -3.75. The van der Waals surface area contributed by atoms with Crippen LogP contribution in [0, 0.1) is 0 Å². The molecule has 3 N–H and O–H groups in total. The zero-order valence-corrected chi connectivity index (χ0v) is 19.2. The molecule has 5 rings (SSSR count). The van der Waals surface area contributed by atoms with Gasteiger partial charge in [0.25, 0.3) is 5.91 Å². The fourth-order valence-electron chi connectivity index (χ4n) is 4.61. The predicted molar refractivity (Wildman–Crippen MR) is 125 cm³/mol. The van der Waals surface area contributed by atoms with Gasteiger partial charge in [-0.05, 0) is 42.5 Å². The SMILES string of the molecule is CC(C)c1cc(-c2nnc(C(=O)NC3CCCCC3)n2-c2ccc3c(c2)OCO3)c(O)cc1O. The lowest BCUT2D eigenvalue weighted by Crippen LogP contribution is -2.37. The van der Waals surface area contributed by atoms with E-state index in [0.29, 0.717) is 28.3 Å². The molecule has 2 aliphatic rings. The van der Waals surface area contributed by atoms with Crippen molar-refractivity contribution in [3.63, 3.8) is 0 Å². The topological polar surface area (TPSA) is 119 Å². The number of fused-ring (bicyclic) bond motifs is 1. The second-order valence-electron chi connectivity index (χ2n) is 9.11. The third-order valence-corrected chi connectivity index (χ3v) is 6.43. The number of aromatic nitrogens is 3. The van der Waals surface area contributed by atoms with Crippen molar-refractivity contribution < 1.29 is 24.5 Å². The van der Waals surface area contributed by atoms with Crippen LogP contribution in [0.2, 0.25) is 0 Å². The van der Waals surface area contributed by atoms with Gasteiger partial charge in [0.1, 0.15) is 11.5 Å². The van der Waals surface area contributed by atoms with Gasteiger partial charge in [-0.1, -0.05) is 33.1 Å². The molecule has 0 saturated heterocycles. The van der Waals surface area contributed by atoms with Crippen molar-refractivity contribution in [1.29, 1.82) is 0 Å². The van der Waals surface area contributed by atoms with Crippen LogP contribution in [-0.2, 0) is 0 Å². The van der Waals surface area contributed by atoms with E-state index in [-0.39, 0.29) is 47.8 Å². The average Bonchev–Trinajstić information content (AvgIpc) is 3.46. The number of hydrogen-bond acceptors (Lipinski definition) is 7. The van der Waals surface area contributed by atoms with E-state index in [9.17, 15) is 15.0 Å². The number of nitrogens with zero attached hydrogens (tertiary/aromatic N) is 3. The summed E-state index contributed by atoms with van der Waals surface area (Å²) in [6, 6.07) is 8.39. The molecule has 9 heteroatoms. The minimum absolute atomic E-state index is 0.000611. The maximum Gasteiger partial charge on any atom is 0.289 e. The highest BCUT2D eigenvalue weighted by molar-refractivity contribution is 5.92. The van der Waals surface area contributed by atoms with Crippen molar-refractivity contribution in [2.45, 2.75) is 57.9 Å². The highest BCUT2D eigenvalue weighted by Crippen LogP contribution is 2.40. The Morgan fingerprint density at radius 3 is 2.56 bits per heavy atom. The molecule has 1 aliphatic heterocycles. The Bertz CT molecular complexity index is 1230. The van der Waals surface area contributed by atoms with Gasteiger partial charge in [0.05, 0.1) is 11.3 Å². The van der Waals surface area contributed by atoms with Crippen LogP contribution in [0.5, 0.6) is 23.0 Å². The molecular formula is C25H28N4O5. The van der Waals surface area contributed by atoms with Gasteiger partial charge in [-0.25, -0.2) is 0 Å². The quantitative estimate of drug-likeness (QED) is 0.516. The molecule has 0 bridgehead atoms. The average molecular weight is 465 g/mol. The van der Waals surface area contributed by atoms with Gasteiger partial charge in [0.2, 0.25) is 12.6 Å². The van der Waals surface area contributed by atoms with Crippen LogP contribution in [0.4, 0.5) is 0 Å². The lowest BCUT2D eigenvalue weighted by atomic mass is 9.95. The highest BCUT2D eigenvalue weighted by atomic mass is 16.7. The van der Waals surface area contributed by atoms with Crippen LogP contribution in [0.3, 0.4) is 0 Å². The third kappa shape index (κ3) is 4.02. The Kier molecular flexibility index (Phi) is 5.77. The molecule has 1 amide bonds. The molecule has 9 nitrogen and oxygen atoms in total. The smallest absolute Gasteiger partial charge is 0.289 e. The summed E-state index contributed by atoms with van der Waals surface area (Å²) in [5, 5.41) is 32.6. The van der Waals surface area contributed by atoms with Gasteiger partial charge in [0.15, 0.2) is 17.3 Å². The van der Waals surface area contributed by atoms with E-state index in [1.54, 1.807) is 28.8 Å². The number of rotatable bonds is 5. The first-order valence-corrected chi connectivity index (χ1v) is 11.6. The summed E-state index contributed by atoms with van der Waals surface area (Å²) in [4.78, 5) is 13.3. The number of phenolic OH excluding ortho intramolecular Hbond substituents is 2. The zero-order chi connectivity index (χ0) is 23.8. The molecule has 0 unspecified atom stereocenters. The molecule has 1 aliphatic carbocycles. The maximum atomic E-state index is 13.3. The number of ether oxygens (including phenoxy) is 2. The van der Waals surface area contributed by atoms with Crippen LogP contribution in [0.1, 0.15) is 68.1 Å². The molecule has 3 aromatic rings. The standard InChI is InChI=1S/C25H28N4O5/c1-14(2)17-11-18(20(31)12-19(17)30)23-27-28-24(25(32)26-15-6-4-3-5-7-15)29(23)16-8-9-21-22(10-16)34-13-33-21/h8-12,14-15,30-31H,3-7,13H2,1-2H3,(H,26,32). The highest BCUT2D eigenvalue weighted by Gasteiger charge is 2.27. The van der Waals surface area contributed by atoms with Crippen molar-refractivity contribution in [1.82, 2.24) is 20.1 Å². The Morgan fingerprint density at radius 1 is 1.03 bits per heavy atom. The van der Waals surface area contributed by atoms with E-state index in [2.05, 4.69) is 15.5 Å². The summed E-state index contributed by atoms with van der Waals surface area (Å²) >= 11 is 0. The summed E-state index contributed by atoms with van der Waals surface area (Å²) in [7, 11) is 0. The monoisotopic (exact) mass is 464 g/mol. The van der Waals surface area contributed by atoms with Crippen LogP contribution < -0.4 is 14.8 Å². The predicted octanol–water partition coefficient (Wildman–Crippen LogP) is 4.26. The third-order valence-electron chi connectivity index (χ3n) is 6.43. The number of carbonyl (C=O) groups is 1. The van der Waals surface area contributed by atoms with Crippen molar-refractivity contribution in [2.75, 3.05) is 6.79 Å². The molecule has 34 heavy (non-hydrogen) atoms. The van der Waals surface area contributed by atoms with E-state index in [1.165, 1.54) is 12.5 Å². The maximum absolute atomic E-state index is 13.3. The number of carbonyl (C=O) groups excluding carboxylic acids is 1. The van der Waals surface area contributed by atoms with Crippen molar-refractivity contribution in [2.24, 2.45) is 0 Å². The van der Waals surface area contributed by atoms with Crippen LogP contribution >= 0.6 is 0 Å². The van der Waals surface area contributed by atoms with Crippen molar-refractivity contribution in [3.05, 3.63) is 41.7 Å². The minimum atomic E-state index is -0.328. The Balaban J connectivity index is 1.63. The summed E-state index contributed by atoms with van der Waals surface area (Å²) in [5.74, 6) is 1.08. The van der Waals surface area contributed by atoms with E-state index in [4.69, 9.17) is 9.47 Å². The van der Waals surface area contributed by atoms with Gasteiger partial charge in [-0.2, -0.15) is 0 Å². The van der Waals surface area contributed by atoms with Gasteiger partial charge < -0.3 is 25.0 Å². The molecule has 0 spiro atoms. The van der Waals surface area contributed by atoms with Crippen LogP contribution in [0.15, 0.2) is 30.3 Å². The first-order valence-electron chi connectivity index (χ1n) is 11.6. The van der Waals surface area contributed by atoms with E-state index in [0.717, 1.165) is 25.7 Å². The van der Waals surface area contributed by atoms with E-state index in [1.807, 2.05) is 13.8 Å². The first-order chi connectivity index (χ1) is 16.4. The Labute approximate surface area is 197 Å². The normalized spacial score (nSPS) is 15.6. The van der Waals surface area contributed by atoms with Gasteiger partial charge in [-0.3, -0.25) is 9.36 Å². The lowest BCUT2D eigenvalue weighted by Gasteiger charge is -2.22. The number of aromatic hydroxyl groups is 2. The molecule has 2 heterocycles. The molecule has 178 valence electrons. The number of nitrogens with one attached hydrogen (secondary N) is 1. The number of amides is 1. The van der Waals surface area contributed by atoms with Crippen LogP contribution in [0.25, 0.3) is 17.1 Å². The molecular weight excluding hydrogens is 436 g/mol. The first kappa shape index (κ1) is 22.1. The molecule has 2 aromatic carbocycles. The van der Waals surface area contributed by atoms with Gasteiger partial charge in [-0.15, -0.1) is 10.2 Å². The molecule has 0 radical (unpaired) electrons. The molecule has 1 aromatic heterocycles. The largest absolute Gasteiger partial charge is 0.508 e. The second kappa shape index (κ2) is 8.89. The minimum Gasteiger partial charge on any atom is -0.508 e. The fraction of sp³-hybridized carbons (Fsp3) is 0.400. The van der Waals surface area contributed by atoms with Gasteiger partial charge >= 0.3 is 0 Å². The molecule has 1 saturated carbocycles. The van der Waals surface area contributed by atoms with Gasteiger partial charge in [0, 0.05) is 18.2 Å². The summed E-state index contributed by atoms with van der Waals surface area (Å²) < 4.78 is 12.6. The molecule has 0 atom stereocenters. The van der Waals surface area contributed by atoms with E-state index < -0.39 is 0 Å². The fourth-order valence-corrected chi connectivity index (χ4v) is 4.61. The Morgan fingerprint density at radius 2 is 1.79 bits per heavy atom. The summed E-state index contributed by atoms with van der Waals surface area (Å²) in [6.45, 7) is 4.02. The van der Waals surface area contributed by atoms with E-state index >= 15 is 0 Å².